The summed E-state index contributed by atoms with van der Waals surface area (Å²) in [6, 6.07) is 3.90. The molecule has 0 fully saturated rings. The fourth-order valence-corrected chi connectivity index (χ4v) is 1.28. The predicted molar refractivity (Wildman–Crippen MR) is 60.1 cm³/mol. The summed E-state index contributed by atoms with van der Waals surface area (Å²) in [7, 11) is 0. The standard InChI is InChI=1S/C12H19NO2/c1-9-7-10(2)13-11(8-9)15-6-5-12(3,4)14/h7-8,14H,5-6H2,1-4H3. The number of hydrogen-bond acceptors (Lipinski definition) is 3. The van der Waals surface area contributed by atoms with Crippen LogP contribution in [-0.4, -0.2) is 22.3 Å². The summed E-state index contributed by atoms with van der Waals surface area (Å²) in [5.41, 5.74) is 1.41. The quantitative estimate of drug-likeness (QED) is 0.827. The summed E-state index contributed by atoms with van der Waals surface area (Å²) in [6.07, 6.45) is 0.599. The van der Waals surface area contributed by atoms with Gasteiger partial charge in [-0.15, -0.1) is 0 Å². The van der Waals surface area contributed by atoms with Gasteiger partial charge in [0.2, 0.25) is 5.88 Å². The van der Waals surface area contributed by atoms with Gasteiger partial charge in [-0.1, -0.05) is 0 Å². The van der Waals surface area contributed by atoms with Crippen LogP contribution in [0.5, 0.6) is 5.88 Å². The lowest BCUT2D eigenvalue weighted by molar-refractivity contribution is 0.0547. The Morgan fingerprint density at radius 3 is 2.53 bits per heavy atom. The third-order valence-corrected chi connectivity index (χ3v) is 2.04. The Morgan fingerprint density at radius 1 is 1.33 bits per heavy atom. The SMILES string of the molecule is Cc1cc(C)nc(OCCC(C)(C)O)c1. The molecule has 0 aliphatic rings. The van der Waals surface area contributed by atoms with Gasteiger partial charge < -0.3 is 9.84 Å². The van der Waals surface area contributed by atoms with Crippen LogP contribution < -0.4 is 4.74 Å². The van der Waals surface area contributed by atoms with E-state index in [2.05, 4.69) is 4.98 Å². The van der Waals surface area contributed by atoms with Gasteiger partial charge in [0.15, 0.2) is 0 Å². The molecule has 3 nitrogen and oxygen atoms in total. The van der Waals surface area contributed by atoms with Crippen molar-refractivity contribution in [3.05, 3.63) is 23.4 Å². The molecular formula is C12H19NO2. The smallest absolute Gasteiger partial charge is 0.213 e. The second-order valence-corrected chi connectivity index (χ2v) is 4.54. The Kier molecular flexibility index (Phi) is 3.69. The Labute approximate surface area is 91.1 Å². The van der Waals surface area contributed by atoms with E-state index in [-0.39, 0.29) is 0 Å². The summed E-state index contributed by atoms with van der Waals surface area (Å²) in [5.74, 6) is 0.636. The molecule has 0 atom stereocenters. The number of rotatable bonds is 4. The maximum atomic E-state index is 9.50. The van der Waals surface area contributed by atoms with Gasteiger partial charge in [-0.05, 0) is 39.3 Å². The van der Waals surface area contributed by atoms with Crippen molar-refractivity contribution in [1.82, 2.24) is 4.98 Å². The highest BCUT2D eigenvalue weighted by molar-refractivity contribution is 5.23. The molecular weight excluding hydrogens is 190 g/mol. The van der Waals surface area contributed by atoms with E-state index in [1.807, 2.05) is 26.0 Å². The number of aromatic nitrogens is 1. The van der Waals surface area contributed by atoms with Crippen LogP contribution >= 0.6 is 0 Å². The number of aliphatic hydroxyl groups is 1. The summed E-state index contributed by atoms with van der Waals surface area (Å²) in [4.78, 5) is 4.25. The zero-order valence-corrected chi connectivity index (χ0v) is 9.87. The first-order valence-electron chi connectivity index (χ1n) is 5.17. The van der Waals surface area contributed by atoms with E-state index in [0.29, 0.717) is 18.9 Å². The maximum Gasteiger partial charge on any atom is 0.213 e. The zero-order valence-electron chi connectivity index (χ0n) is 9.87. The van der Waals surface area contributed by atoms with Crippen LogP contribution in [0.4, 0.5) is 0 Å². The molecule has 1 heterocycles. The molecule has 0 unspecified atom stereocenters. The summed E-state index contributed by atoms with van der Waals surface area (Å²) < 4.78 is 5.47. The van der Waals surface area contributed by atoms with Crippen LogP contribution in [0.3, 0.4) is 0 Å². The number of ether oxygens (including phenoxy) is 1. The number of hydrogen-bond donors (Lipinski definition) is 1. The molecule has 3 heteroatoms. The van der Waals surface area contributed by atoms with E-state index in [1.165, 1.54) is 0 Å². The number of nitrogens with zero attached hydrogens (tertiary/aromatic N) is 1. The Balaban J connectivity index is 2.51. The van der Waals surface area contributed by atoms with Crippen LogP contribution in [0.1, 0.15) is 31.5 Å². The Hall–Kier alpha value is -1.09. The highest BCUT2D eigenvalue weighted by atomic mass is 16.5. The van der Waals surface area contributed by atoms with E-state index in [1.54, 1.807) is 13.8 Å². The molecule has 84 valence electrons. The van der Waals surface area contributed by atoms with E-state index < -0.39 is 5.60 Å². The minimum atomic E-state index is -0.682. The van der Waals surface area contributed by atoms with Crippen molar-refractivity contribution in [2.75, 3.05) is 6.61 Å². The first kappa shape index (κ1) is 12.0. The molecule has 0 aliphatic heterocycles. The second-order valence-electron chi connectivity index (χ2n) is 4.54. The predicted octanol–water partition coefficient (Wildman–Crippen LogP) is 2.24. The first-order valence-corrected chi connectivity index (χ1v) is 5.17. The lowest BCUT2D eigenvalue weighted by Crippen LogP contribution is -2.22. The lowest BCUT2D eigenvalue weighted by Gasteiger charge is -2.16. The molecule has 0 amide bonds. The van der Waals surface area contributed by atoms with Crippen LogP contribution in [0, 0.1) is 13.8 Å². The van der Waals surface area contributed by atoms with Crippen molar-refractivity contribution in [2.45, 2.75) is 39.7 Å². The monoisotopic (exact) mass is 209 g/mol. The van der Waals surface area contributed by atoms with Crippen molar-refractivity contribution >= 4 is 0 Å². The molecule has 0 bridgehead atoms. The normalized spacial score (nSPS) is 11.5. The fraction of sp³-hybridized carbons (Fsp3) is 0.583. The average molecular weight is 209 g/mol. The van der Waals surface area contributed by atoms with E-state index in [0.717, 1.165) is 11.3 Å². The number of aryl methyl sites for hydroxylation is 2. The molecule has 0 aromatic carbocycles. The second kappa shape index (κ2) is 4.62. The molecule has 1 N–H and O–H groups in total. The third kappa shape index (κ3) is 4.79. The highest BCUT2D eigenvalue weighted by Gasteiger charge is 2.12. The molecule has 0 saturated heterocycles. The number of pyridine rings is 1. The van der Waals surface area contributed by atoms with Crippen LogP contribution in [-0.2, 0) is 0 Å². The summed E-state index contributed by atoms with van der Waals surface area (Å²) >= 11 is 0. The van der Waals surface area contributed by atoms with E-state index in [4.69, 9.17) is 4.74 Å². The van der Waals surface area contributed by atoms with Crippen LogP contribution in [0.15, 0.2) is 12.1 Å². The molecule has 0 saturated carbocycles. The van der Waals surface area contributed by atoms with E-state index >= 15 is 0 Å². The molecule has 1 aromatic heterocycles. The summed E-state index contributed by atoms with van der Waals surface area (Å²) in [6.45, 7) is 7.98. The molecule has 0 spiro atoms. The zero-order chi connectivity index (χ0) is 11.5. The Bertz CT molecular complexity index is 309. The fourth-order valence-electron chi connectivity index (χ4n) is 1.28. The van der Waals surface area contributed by atoms with Gasteiger partial charge in [0.05, 0.1) is 12.2 Å². The topological polar surface area (TPSA) is 42.4 Å². The summed E-state index contributed by atoms with van der Waals surface area (Å²) in [5, 5.41) is 9.50. The van der Waals surface area contributed by atoms with Gasteiger partial charge >= 0.3 is 0 Å². The van der Waals surface area contributed by atoms with Gasteiger partial charge in [0, 0.05) is 18.2 Å². The van der Waals surface area contributed by atoms with Crippen molar-refractivity contribution in [3.63, 3.8) is 0 Å². The third-order valence-electron chi connectivity index (χ3n) is 2.04. The highest BCUT2D eigenvalue weighted by Crippen LogP contribution is 2.13. The largest absolute Gasteiger partial charge is 0.478 e. The van der Waals surface area contributed by atoms with Gasteiger partial charge in [-0.25, -0.2) is 4.98 Å². The van der Waals surface area contributed by atoms with Gasteiger partial charge in [-0.3, -0.25) is 0 Å². The van der Waals surface area contributed by atoms with Gasteiger partial charge in [-0.2, -0.15) is 0 Å². The Morgan fingerprint density at radius 2 is 2.00 bits per heavy atom. The van der Waals surface area contributed by atoms with Gasteiger partial charge in [0.1, 0.15) is 0 Å². The molecule has 1 rings (SSSR count). The maximum absolute atomic E-state index is 9.50. The molecule has 15 heavy (non-hydrogen) atoms. The molecule has 0 aliphatic carbocycles. The van der Waals surface area contributed by atoms with Crippen molar-refractivity contribution in [3.8, 4) is 5.88 Å². The first-order chi connectivity index (χ1) is 6.87. The molecule has 1 aromatic rings. The van der Waals surface area contributed by atoms with E-state index in [9.17, 15) is 5.11 Å². The van der Waals surface area contributed by atoms with Crippen LogP contribution in [0.2, 0.25) is 0 Å². The molecule has 0 radical (unpaired) electrons. The minimum Gasteiger partial charge on any atom is -0.478 e. The van der Waals surface area contributed by atoms with Crippen molar-refractivity contribution in [1.29, 1.82) is 0 Å². The average Bonchev–Trinajstić information content (AvgIpc) is 1.99. The lowest BCUT2D eigenvalue weighted by atomic mass is 10.1. The van der Waals surface area contributed by atoms with Crippen LogP contribution in [0.25, 0.3) is 0 Å². The van der Waals surface area contributed by atoms with Crippen molar-refractivity contribution in [2.24, 2.45) is 0 Å². The van der Waals surface area contributed by atoms with Gasteiger partial charge in [0.25, 0.3) is 0 Å². The van der Waals surface area contributed by atoms with Crippen molar-refractivity contribution < 1.29 is 9.84 Å². The minimum absolute atomic E-state index is 0.486.